The van der Waals surface area contributed by atoms with Crippen LogP contribution in [0.3, 0.4) is 0 Å². The van der Waals surface area contributed by atoms with E-state index < -0.39 is 35.8 Å². The van der Waals surface area contributed by atoms with Gasteiger partial charge in [0.25, 0.3) is 10.1 Å². The smallest absolute Gasteiger partial charge is 0.872 e. The van der Waals surface area contributed by atoms with E-state index in [1.807, 2.05) is 6.07 Å². The van der Waals surface area contributed by atoms with E-state index in [2.05, 4.69) is 13.8 Å². The molecule has 4 aromatic rings. The van der Waals surface area contributed by atoms with Gasteiger partial charge in [-0.1, -0.05) is 146 Å². The Balaban J connectivity index is 0.000000387. The van der Waals surface area contributed by atoms with Gasteiger partial charge in [0.2, 0.25) is 0 Å². The molecule has 4 aromatic carbocycles. The predicted octanol–water partition coefficient (Wildman–Crippen LogP) is 10.9. The van der Waals surface area contributed by atoms with Crippen molar-refractivity contribution in [3.8, 4) is 34.5 Å². The zero-order valence-corrected chi connectivity index (χ0v) is 37.3. The van der Waals surface area contributed by atoms with Gasteiger partial charge in [0.1, 0.15) is 43.8 Å². The van der Waals surface area contributed by atoms with Crippen molar-refractivity contribution in [3.63, 3.8) is 0 Å². The van der Waals surface area contributed by atoms with Gasteiger partial charge in [0.05, 0.1) is 4.90 Å². The van der Waals surface area contributed by atoms with Gasteiger partial charge in [-0.2, -0.15) is 8.42 Å². The van der Waals surface area contributed by atoms with E-state index in [4.69, 9.17) is 9.47 Å². The van der Waals surface area contributed by atoms with Gasteiger partial charge >= 0.3 is 37.7 Å². The normalized spacial score (nSPS) is 11.3. The molecule has 0 saturated heterocycles. The minimum atomic E-state index is -4.81. The average Bonchev–Trinajstić information content (AvgIpc) is 3.16. The summed E-state index contributed by atoms with van der Waals surface area (Å²) in [4.78, 5) is -1.05. The van der Waals surface area contributed by atoms with E-state index in [0.717, 1.165) is 50.7 Å². The Morgan fingerprint density at radius 1 is 0.544 bits per heavy atom. The molecular formula is C44H58CaO10S2. The molecule has 57 heavy (non-hydrogen) atoms. The summed E-state index contributed by atoms with van der Waals surface area (Å²) < 4.78 is 78.7. The van der Waals surface area contributed by atoms with Crippen molar-refractivity contribution < 1.29 is 45.6 Å². The van der Waals surface area contributed by atoms with Gasteiger partial charge in [-0.05, 0) is 73.7 Å². The van der Waals surface area contributed by atoms with Crippen molar-refractivity contribution in [2.24, 2.45) is 0 Å². The molecule has 0 atom stereocenters. The maximum absolute atomic E-state index is 12.3. The second kappa shape index (κ2) is 27.0. The van der Waals surface area contributed by atoms with Crippen LogP contribution in [0.2, 0.25) is 0 Å². The first-order chi connectivity index (χ1) is 26.8. The fourth-order valence-corrected chi connectivity index (χ4v) is 7.47. The Labute approximate surface area is 370 Å². The van der Waals surface area contributed by atoms with E-state index >= 15 is 0 Å². The second-order valence-corrected chi connectivity index (χ2v) is 16.8. The first kappa shape index (κ1) is 50.3. The third kappa shape index (κ3) is 19.2. The fraction of sp³-hybridized carbons (Fsp3) is 0.455. The number of phenolic OH excluding ortho intramolecular Hbond substituents is 1. The largest absolute Gasteiger partial charge is 2.00 e. The number of aryl methyl sites for hydroxylation is 2. The molecule has 0 bridgehead atoms. The summed E-state index contributed by atoms with van der Waals surface area (Å²) in [5.74, 6) is 0.213. The van der Waals surface area contributed by atoms with Crippen molar-refractivity contribution in [2.45, 2.75) is 139 Å². The van der Waals surface area contributed by atoms with Crippen LogP contribution in [0.4, 0.5) is 0 Å². The van der Waals surface area contributed by atoms with Crippen LogP contribution in [0.1, 0.15) is 128 Å². The minimum Gasteiger partial charge on any atom is -0.872 e. The monoisotopic (exact) mass is 850 g/mol. The Bertz CT molecular complexity index is 1810. The topological polar surface area (TPSA) is 173 Å². The van der Waals surface area contributed by atoms with E-state index in [-0.39, 0.29) is 55.0 Å². The molecule has 308 valence electrons. The van der Waals surface area contributed by atoms with Gasteiger partial charge in [-0.3, -0.25) is 4.55 Å². The van der Waals surface area contributed by atoms with Crippen molar-refractivity contribution in [1.82, 2.24) is 0 Å². The fourth-order valence-electron chi connectivity index (χ4n) is 6.26. The van der Waals surface area contributed by atoms with Gasteiger partial charge in [0.15, 0.2) is 0 Å². The van der Waals surface area contributed by atoms with Gasteiger partial charge < -0.3 is 24.2 Å². The van der Waals surface area contributed by atoms with Gasteiger partial charge in [-0.25, -0.2) is 8.42 Å². The Hall–Kier alpha value is -2.84. The first-order valence-corrected chi connectivity index (χ1v) is 22.8. The number of unbranched alkanes of at least 4 members (excludes halogenated alkanes) is 14. The van der Waals surface area contributed by atoms with E-state index in [1.54, 1.807) is 54.6 Å². The minimum absolute atomic E-state index is 0. The summed E-state index contributed by atoms with van der Waals surface area (Å²) in [6, 6.07) is 22.2. The van der Waals surface area contributed by atoms with Crippen molar-refractivity contribution >= 4 is 58.0 Å². The molecular weight excluding hydrogens is 793 g/mol. The molecule has 0 aromatic heterocycles. The van der Waals surface area contributed by atoms with Crippen LogP contribution in [-0.2, 0) is 33.1 Å². The number of para-hydroxylation sites is 2. The third-order valence-electron chi connectivity index (χ3n) is 9.36. The summed E-state index contributed by atoms with van der Waals surface area (Å²) >= 11 is 0. The SMILES string of the molecule is CCCCCCCCCCc1cc(Oc2ccccc2)c(S(=O)(=O)O)cc1O.CCCCCCCCCCc1cc(Oc2ccccc2)c(S(=O)(=O)[O-])cc1[O-].[Ca+2]. The zero-order valence-electron chi connectivity index (χ0n) is 33.5. The van der Waals surface area contributed by atoms with Crippen LogP contribution in [-0.4, -0.2) is 68.8 Å². The molecule has 0 fully saturated rings. The van der Waals surface area contributed by atoms with Crippen molar-refractivity contribution in [1.29, 1.82) is 0 Å². The molecule has 0 aliphatic heterocycles. The molecule has 2 N–H and O–H groups in total. The summed E-state index contributed by atoms with van der Waals surface area (Å²) in [7, 11) is -9.33. The zero-order chi connectivity index (χ0) is 40.8. The molecule has 0 saturated carbocycles. The molecule has 10 nitrogen and oxygen atoms in total. The molecule has 0 aliphatic rings. The van der Waals surface area contributed by atoms with Crippen LogP contribution in [0.15, 0.2) is 94.7 Å². The van der Waals surface area contributed by atoms with Crippen LogP contribution in [0, 0.1) is 0 Å². The molecule has 0 unspecified atom stereocenters. The number of aromatic hydroxyl groups is 1. The van der Waals surface area contributed by atoms with E-state index in [9.17, 15) is 36.2 Å². The summed E-state index contributed by atoms with van der Waals surface area (Å²) in [5.41, 5.74) is 1.09. The number of phenols is 1. The van der Waals surface area contributed by atoms with Crippen LogP contribution in [0.5, 0.6) is 34.5 Å². The first-order valence-electron chi connectivity index (χ1n) is 19.9. The number of hydrogen-bond acceptors (Lipinski definition) is 9. The maximum Gasteiger partial charge on any atom is 2.00 e. The number of rotatable bonds is 24. The maximum atomic E-state index is 12.3. The molecule has 4 rings (SSSR count). The van der Waals surface area contributed by atoms with E-state index in [0.29, 0.717) is 35.5 Å². The Morgan fingerprint density at radius 2 is 0.930 bits per heavy atom. The third-order valence-corrected chi connectivity index (χ3v) is 11.1. The number of ether oxygens (including phenoxy) is 2. The van der Waals surface area contributed by atoms with Crippen molar-refractivity contribution in [2.75, 3.05) is 0 Å². The number of benzene rings is 4. The summed E-state index contributed by atoms with van der Waals surface area (Å²) in [6.45, 7) is 4.40. The quantitative estimate of drug-likeness (QED) is 0.0392. The molecule has 0 aliphatic carbocycles. The average molecular weight is 851 g/mol. The standard InChI is InChI=1S/2C22H30O5S.Ca/c2*1-2-3-4-5-6-7-8-10-13-18-16-21(27-19-14-11-9-12-15-19)22(17-20(18)23)28(24,25)26;/h2*9,11-12,14-17,23H,2-8,10,13H2,1H3,(H,24,25,26);/q;;+2/p-2. The molecule has 0 radical (unpaired) electrons. The summed E-state index contributed by atoms with van der Waals surface area (Å²) in [6.07, 6.45) is 19.8. The van der Waals surface area contributed by atoms with Gasteiger partial charge in [-0.15, -0.1) is 5.75 Å². The van der Waals surface area contributed by atoms with Gasteiger partial charge in [0, 0.05) is 6.07 Å². The molecule has 0 amide bonds. The molecule has 0 heterocycles. The van der Waals surface area contributed by atoms with Crippen molar-refractivity contribution in [3.05, 3.63) is 96.1 Å². The Morgan fingerprint density at radius 3 is 1.35 bits per heavy atom. The predicted molar refractivity (Wildman–Crippen MR) is 223 cm³/mol. The Kier molecular flexibility index (Phi) is 23.8. The van der Waals surface area contributed by atoms with Crippen LogP contribution in [0.25, 0.3) is 0 Å². The van der Waals surface area contributed by atoms with Crippen LogP contribution >= 0.6 is 0 Å². The molecule has 13 heteroatoms. The molecule has 0 spiro atoms. The summed E-state index contributed by atoms with van der Waals surface area (Å²) in [5, 5.41) is 22.5. The number of hydrogen-bond donors (Lipinski definition) is 2. The second-order valence-electron chi connectivity index (χ2n) is 14.0. The van der Waals surface area contributed by atoms with E-state index in [1.165, 1.54) is 76.3 Å². The van der Waals surface area contributed by atoms with Crippen LogP contribution < -0.4 is 14.6 Å².